The van der Waals surface area contributed by atoms with Gasteiger partial charge in [-0.3, -0.25) is 9.78 Å². The highest BCUT2D eigenvalue weighted by atomic mass is 16.4. The fourth-order valence-corrected chi connectivity index (χ4v) is 1.63. The van der Waals surface area contributed by atoms with Crippen LogP contribution in [0.3, 0.4) is 0 Å². The minimum Gasteiger partial charge on any atom is -0.409 e. The van der Waals surface area contributed by atoms with E-state index in [1.165, 1.54) is 6.20 Å². The molecule has 4 N–H and O–H groups in total. The van der Waals surface area contributed by atoms with Crippen molar-refractivity contribution >= 4 is 17.3 Å². The Labute approximate surface area is 108 Å². The van der Waals surface area contributed by atoms with Gasteiger partial charge in [-0.1, -0.05) is 5.16 Å². The summed E-state index contributed by atoms with van der Waals surface area (Å²) in [4.78, 5) is 15.9. The number of amides is 1. The molecular weight excluding hydrogens is 248 g/mol. The number of rotatable bonds is 5. The Hall–Kier alpha value is -2.64. The van der Waals surface area contributed by atoms with Crippen LogP contribution in [0.1, 0.15) is 23.2 Å². The normalized spacial score (nSPS) is 11.7. The van der Waals surface area contributed by atoms with E-state index < -0.39 is 0 Å². The molecule has 0 unspecified atom stereocenters. The largest absolute Gasteiger partial charge is 0.409 e. The van der Waals surface area contributed by atoms with Crippen LogP contribution in [0.15, 0.2) is 29.9 Å². The van der Waals surface area contributed by atoms with Gasteiger partial charge in [0.2, 0.25) is 0 Å². The van der Waals surface area contributed by atoms with Crippen LogP contribution in [0, 0.1) is 0 Å². The number of nitrogens with one attached hydrogen (secondary N) is 1. The molecule has 8 heteroatoms. The van der Waals surface area contributed by atoms with Gasteiger partial charge in [0.15, 0.2) is 0 Å². The number of amidine groups is 1. The van der Waals surface area contributed by atoms with Gasteiger partial charge in [-0.15, -0.1) is 0 Å². The van der Waals surface area contributed by atoms with Gasteiger partial charge in [-0.2, -0.15) is 5.10 Å². The maximum atomic E-state index is 11.9. The minimum atomic E-state index is -0.220. The summed E-state index contributed by atoms with van der Waals surface area (Å²) >= 11 is 0. The van der Waals surface area contributed by atoms with Gasteiger partial charge >= 0.3 is 0 Å². The second kappa shape index (κ2) is 5.80. The summed E-state index contributed by atoms with van der Waals surface area (Å²) in [6.07, 6.45) is 7.36. The predicted molar refractivity (Wildman–Crippen MR) is 68.0 cm³/mol. The van der Waals surface area contributed by atoms with Crippen LogP contribution < -0.4 is 11.1 Å². The van der Waals surface area contributed by atoms with Crippen molar-refractivity contribution in [2.45, 2.75) is 12.8 Å². The Morgan fingerprint density at radius 1 is 1.53 bits per heavy atom. The zero-order valence-corrected chi connectivity index (χ0v) is 10.2. The van der Waals surface area contributed by atoms with Crippen LogP contribution in [-0.2, 0) is 0 Å². The van der Waals surface area contributed by atoms with Crippen molar-refractivity contribution in [1.29, 1.82) is 0 Å². The number of hydrogen-bond donors (Lipinski definition) is 3. The predicted octanol–water partition coefficient (Wildman–Crippen LogP) is -0.0143. The van der Waals surface area contributed by atoms with Crippen molar-refractivity contribution in [2.24, 2.45) is 10.9 Å². The topological polar surface area (TPSA) is 118 Å². The number of oxime groups is 1. The lowest BCUT2D eigenvalue weighted by Gasteiger charge is -2.03. The molecule has 0 radical (unpaired) electrons. The summed E-state index contributed by atoms with van der Waals surface area (Å²) in [6, 6.07) is 0. The van der Waals surface area contributed by atoms with Gasteiger partial charge in [0.25, 0.3) is 5.91 Å². The van der Waals surface area contributed by atoms with Gasteiger partial charge in [-0.25, -0.2) is 4.52 Å². The van der Waals surface area contributed by atoms with E-state index in [4.69, 9.17) is 10.9 Å². The third-order valence-corrected chi connectivity index (χ3v) is 2.59. The van der Waals surface area contributed by atoms with E-state index in [2.05, 4.69) is 20.6 Å². The molecule has 0 fully saturated rings. The van der Waals surface area contributed by atoms with Crippen molar-refractivity contribution in [3.05, 3.63) is 30.4 Å². The van der Waals surface area contributed by atoms with Crippen molar-refractivity contribution in [3.8, 4) is 0 Å². The number of fused-ring (bicyclic) bond motifs is 1. The first kappa shape index (κ1) is 12.8. The molecule has 0 spiro atoms. The molecule has 19 heavy (non-hydrogen) atoms. The first-order chi connectivity index (χ1) is 9.22. The molecule has 2 rings (SSSR count). The number of carbonyl (C=O) groups excluding carboxylic acids is 1. The van der Waals surface area contributed by atoms with Crippen LogP contribution in [0.5, 0.6) is 0 Å². The highest BCUT2D eigenvalue weighted by Gasteiger charge is 2.11. The Morgan fingerprint density at radius 2 is 2.37 bits per heavy atom. The lowest BCUT2D eigenvalue weighted by atomic mass is 10.2. The Bertz CT molecular complexity index is 606. The standard InChI is InChI=1S/C11H14N6O2/c12-10(16-19)2-1-3-14-11(18)8-6-15-17-5-4-13-7-9(8)17/h4-7,19H,1-3H2,(H2,12,16)(H,14,18). The minimum absolute atomic E-state index is 0.148. The second-order valence-corrected chi connectivity index (χ2v) is 3.92. The van der Waals surface area contributed by atoms with Crippen molar-refractivity contribution in [3.63, 3.8) is 0 Å². The van der Waals surface area contributed by atoms with E-state index in [0.717, 1.165) is 0 Å². The zero-order valence-electron chi connectivity index (χ0n) is 10.2. The highest BCUT2D eigenvalue weighted by molar-refractivity contribution is 6.00. The summed E-state index contributed by atoms with van der Waals surface area (Å²) in [6.45, 7) is 0.437. The number of aromatic nitrogens is 3. The molecule has 1 amide bonds. The van der Waals surface area contributed by atoms with Crippen LogP contribution in [0.2, 0.25) is 0 Å². The molecule has 2 aromatic heterocycles. The second-order valence-electron chi connectivity index (χ2n) is 3.92. The van der Waals surface area contributed by atoms with Crippen LogP contribution in [-0.4, -0.2) is 38.1 Å². The van der Waals surface area contributed by atoms with Crippen molar-refractivity contribution < 1.29 is 10.0 Å². The van der Waals surface area contributed by atoms with Crippen LogP contribution >= 0.6 is 0 Å². The number of nitrogens with two attached hydrogens (primary N) is 1. The smallest absolute Gasteiger partial charge is 0.255 e. The lowest BCUT2D eigenvalue weighted by Crippen LogP contribution is -2.25. The maximum Gasteiger partial charge on any atom is 0.255 e. The molecule has 0 aliphatic rings. The number of hydrogen-bond acceptors (Lipinski definition) is 5. The molecular formula is C11H14N6O2. The first-order valence-electron chi connectivity index (χ1n) is 5.74. The van der Waals surface area contributed by atoms with Gasteiger partial charge in [0, 0.05) is 25.4 Å². The monoisotopic (exact) mass is 262 g/mol. The molecule has 0 bridgehead atoms. The number of nitrogens with zero attached hydrogens (tertiary/aromatic N) is 4. The molecule has 2 heterocycles. The molecule has 0 aliphatic carbocycles. The molecule has 0 aliphatic heterocycles. The quantitative estimate of drug-likeness (QED) is 0.230. The summed E-state index contributed by atoms with van der Waals surface area (Å²) in [7, 11) is 0. The number of carbonyl (C=O) groups is 1. The van der Waals surface area contributed by atoms with E-state index >= 15 is 0 Å². The summed E-state index contributed by atoms with van der Waals surface area (Å²) < 4.78 is 1.58. The third-order valence-electron chi connectivity index (χ3n) is 2.59. The summed E-state index contributed by atoms with van der Waals surface area (Å²) in [5.41, 5.74) is 6.44. The van der Waals surface area contributed by atoms with Crippen molar-refractivity contribution in [2.75, 3.05) is 6.54 Å². The van der Waals surface area contributed by atoms with E-state index in [0.29, 0.717) is 30.5 Å². The molecule has 0 atom stereocenters. The lowest BCUT2D eigenvalue weighted by molar-refractivity contribution is 0.0955. The third kappa shape index (κ3) is 2.97. The zero-order chi connectivity index (χ0) is 13.7. The molecule has 0 aromatic carbocycles. The SMILES string of the molecule is N/C(CCCNC(=O)c1cnn2ccncc12)=N/O. The average Bonchev–Trinajstić information content (AvgIpc) is 2.87. The van der Waals surface area contributed by atoms with Crippen molar-refractivity contribution in [1.82, 2.24) is 19.9 Å². The Balaban J connectivity index is 1.93. The highest BCUT2D eigenvalue weighted by Crippen LogP contribution is 2.08. The molecule has 2 aromatic rings. The first-order valence-corrected chi connectivity index (χ1v) is 5.74. The van der Waals surface area contributed by atoms with E-state index in [9.17, 15) is 4.79 Å². The molecule has 100 valence electrons. The molecule has 0 saturated heterocycles. The summed E-state index contributed by atoms with van der Waals surface area (Å²) in [5.74, 6) is -0.0723. The Kier molecular flexibility index (Phi) is 3.91. The van der Waals surface area contributed by atoms with Crippen LogP contribution in [0.25, 0.3) is 5.52 Å². The van der Waals surface area contributed by atoms with E-state index in [1.54, 1.807) is 23.1 Å². The van der Waals surface area contributed by atoms with Gasteiger partial charge in [0.1, 0.15) is 5.84 Å². The maximum absolute atomic E-state index is 11.9. The average molecular weight is 262 g/mol. The van der Waals surface area contributed by atoms with Gasteiger partial charge in [0.05, 0.1) is 23.5 Å². The van der Waals surface area contributed by atoms with Gasteiger partial charge in [-0.05, 0) is 6.42 Å². The summed E-state index contributed by atoms with van der Waals surface area (Å²) in [5, 5.41) is 18.0. The van der Waals surface area contributed by atoms with Crippen LogP contribution in [0.4, 0.5) is 0 Å². The van der Waals surface area contributed by atoms with E-state index in [-0.39, 0.29) is 11.7 Å². The molecule has 0 saturated carbocycles. The van der Waals surface area contributed by atoms with E-state index in [1.807, 2.05) is 0 Å². The Morgan fingerprint density at radius 3 is 3.16 bits per heavy atom. The fourth-order valence-electron chi connectivity index (χ4n) is 1.63. The molecule has 8 nitrogen and oxygen atoms in total. The van der Waals surface area contributed by atoms with Gasteiger partial charge < -0.3 is 16.3 Å². The fraction of sp³-hybridized carbons (Fsp3) is 0.273.